The van der Waals surface area contributed by atoms with Gasteiger partial charge in [-0.1, -0.05) is 30.0 Å². The lowest BCUT2D eigenvalue weighted by molar-refractivity contribution is -0.122. The number of amides is 1. The molecule has 2 aromatic carbocycles. The molecule has 0 fully saturated rings. The molecule has 0 atom stereocenters. The Kier molecular flexibility index (Phi) is 6.07. The van der Waals surface area contributed by atoms with E-state index < -0.39 is 0 Å². The van der Waals surface area contributed by atoms with E-state index in [4.69, 9.17) is 4.74 Å². The summed E-state index contributed by atoms with van der Waals surface area (Å²) in [5.74, 6) is 6.43. The van der Waals surface area contributed by atoms with Gasteiger partial charge in [-0.3, -0.25) is 4.79 Å². The van der Waals surface area contributed by atoms with Gasteiger partial charge in [0.1, 0.15) is 5.75 Å². The van der Waals surface area contributed by atoms with Crippen molar-refractivity contribution >= 4 is 11.6 Å². The van der Waals surface area contributed by atoms with E-state index in [1.54, 1.807) is 0 Å². The van der Waals surface area contributed by atoms with Crippen LogP contribution in [0.1, 0.15) is 5.56 Å². The topological polar surface area (TPSA) is 41.6 Å². The van der Waals surface area contributed by atoms with E-state index in [-0.39, 0.29) is 12.5 Å². The molecule has 118 valence electrons. The largest absolute Gasteiger partial charge is 0.484 e. The van der Waals surface area contributed by atoms with Gasteiger partial charge in [0.05, 0.1) is 6.54 Å². The zero-order valence-corrected chi connectivity index (χ0v) is 13.4. The van der Waals surface area contributed by atoms with Crippen molar-refractivity contribution in [3.8, 4) is 17.6 Å². The second-order valence-corrected chi connectivity index (χ2v) is 5.12. The number of ether oxygens (including phenoxy) is 1. The maximum atomic E-state index is 11.6. The van der Waals surface area contributed by atoms with Crippen molar-refractivity contribution in [3.05, 3.63) is 60.2 Å². The van der Waals surface area contributed by atoms with Crippen molar-refractivity contribution in [2.45, 2.75) is 0 Å². The highest BCUT2D eigenvalue weighted by molar-refractivity contribution is 5.77. The Hall–Kier alpha value is -2.93. The minimum Gasteiger partial charge on any atom is -0.484 e. The lowest BCUT2D eigenvalue weighted by Crippen LogP contribution is -2.29. The summed E-state index contributed by atoms with van der Waals surface area (Å²) in [6.07, 6.45) is 0. The van der Waals surface area contributed by atoms with Crippen LogP contribution in [0.4, 0.5) is 5.69 Å². The Labute approximate surface area is 137 Å². The van der Waals surface area contributed by atoms with E-state index in [1.807, 2.05) is 73.6 Å². The van der Waals surface area contributed by atoms with Crippen LogP contribution >= 0.6 is 0 Å². The highest BCUT2D eigenvalue weighted by Crippen LogP contribution is 2.11. The van der Waals surface area contributed by atoms with Crippen molar-refractivity contribution < 1.29 is 9.53 Å². The van der Waals surface area contributed by atoms with Gasteiger partial charge in [0.2, 0.25) is 0 Å². The van der Waals surface area contributed by atoms with Crippen molar-refractivity contribution in [1.29, 1.82) is 0 Å². The number of para-hydroxylation sites is 1. The van der Waals surface area contributed by atoms with Crippen LogP contribution in [-0.2, 0) is 4.79 Å². The van der Waals surface area contributed by atoms with Gasteiger partial charge in [0.25, 0.3) is 5.91 Å². The van der Waals surface area contributed by atoms with Crippen LogP contribution in [0.15, 0.2) is 54.6 Å². The standard InChI is InChI=1S/C19H20N2O2/c1-21(2)17-12-10-16(11-13-17)7-6-14-20-19(22)15-23-18-8-4-3-5-9-18/h3-5,8-13H,14-15H2,1-2H3,(H,20,22). The number of benzene rings is 2. The van der Waals surface area contributed by atoms with Crippen LogP contribution in [0, 0.1) is 11.8 Å². The van der Waals surface area contributed by atoms with Gasteiger partial charge < -0.3 is 15.0 Å². The maximum Gasteiger partial charge on any atom is 0.258 e. The Bertz CT molecular complexity index is 683. The van der Waals surface area contributed by atoms with E-state index in [1.165, 1.54) is 0 Å². The second kappa shape index (κ2) is 8.50. The molecule has 0 radical (unpaired) electrons. The van der Waals surface area contributed by atoms with Crippen LogP contribution in [0.5, 0.6) is 5.75 Å². The molecule has 0 aliphatic heterocycles. The van der Waals surface area contributed by atoms with E-state index >= 15 is 0 Å². The molecule has 0 heterocycles. The van der Waals surface area contributed by atoms with Gasteiger partial charge in [-0.05, 0) is 36.4 Å². The molecule has 0 bridgehead atoms. The van der Waals surface area contributed by atoms with Crippen molar-refractivity contribution in [3.63, 3.8) is 0 Å². The van der Waals surface area contributed by atoms with Gasteiger partial charge >= 0.3 is 0 Å². The smallest absolute Gasteiger partial charge is 0.258 e. The van der Waals surface area contributed by atoms with Crippen LogP contribution < -0.4 is 15.0 Å². The fourth-order valence-electron chi connectivity index (χ4n) is 1.85. The molecule has 0 saturated carbocycles. The first-order chi connectivity index (χ1) is 11.1. The molecule has 0 saturated heterocycles. The number of carbonyl (C=O) groups excluding carboxylic acids is 1. The van der Waals surface area contributed by atoms with E-state index in [2.05, 4.69) is 17.2 Å². The number of nitrogens with zero attached hydrogens (tertiary/aromatic N) is 1. The molecule has 0 aromatic heterocycles. The first-order valence-corrected chi connectivity index (χ1v) is 7.36. The van der Waals surface area contributed by atoms with Crippen molar-refractivity contribution in [2.75, 3.05) is 32.1 Å². The number of anilines is 1. The molecule has 0 spiro atoms. The molecule has 1 amide bonds. The maximum absolute atomic E-state index is 11.6. The van der Waals surface area contributed by atoms with E-state index in [0.717, 1.165) is 11.3 Å². The molecule has 0 aliphatic rings. The second-order valence-electron chi connectivity index (χ2n) is 5.12. The van der Waals surface area contributed by atoms with E-state index in [0.29, 0.717) is 12.3 Å². The predicted molar refractivity (Wildman–Crippen MR) is 92.6 cm³/mol. The molecule has 2 aromatic rings. The number of carbonyl (C=O) groups is 1. The summed E-state index contributed by atoms with van der Waals surface area (Å²) in [7, 11) is 3.99. The van der Waals surface area contributed by atoms with Gasteiger partial charge in [-0.2, -0.15) is 0 Å². The van der Waals surface area contributed by atoms with Crippen LogP contribution in [0.2, 0.25) is 0 Å². The normalized spacial score (nSPS) is 9.48. The van der Waals surface area contributed by atoms with Crippen molar-refractivity contribution in [1.82, 2.24) is 5.32 Å². The Morgan fingerprint density at radius 2 is 1.78 bits per heavy atom. The van der Waals surface area contributed by atoms with Gasteiger partial charge in [-0.15, -0.1) is 0 Å². The SMILES string of the molecule is CN(C)c1ccc(C#CCNC(=O)COc2ccccc2)cc1. The third kappa shape index (κ3) is 5.76. The number of hydrogen-bond donors (Lipinski definition) is 1. The van der Waals surface area contributed by atoms with Crippen molar-refractivity contribution in [2.24, 2.45) is 0 Å². The highest BCUT2D eigenvalue weighted by Gasteiger charge is 2.00. The minimum atomic E-state index is -0.189. The molecule has 23 heavy (non-hydrogen) atoms. The van der Waals surface area contributed by atoms with Crippen LogP contribution in [0.25, 0.3) is 0 Å². The third-order valence-corrected chi connectivity index (χ3v) is 3.10. The summed E-state index contributed by atoms with van der Waals surface area (Å²) < 4.78 is 5.35. The summed E-state index contributed by atoms with van der Waals surface area (Å²) in [4.78, 5) is 13.7. The van der Waals surface area contributed by atoms with Crippen LogP contribution in [0.3, 0.4) is 0 Å². The highest BCUT2D eigenvalue weighted by atomic mass is 16.5. The number of nitrogens with one attached hydrogen (secondary N) is 1. The average Bonchev–Trinajstić information content (AvgIpc) is 2.58. The molecule has 4 nitrogen and oxygen atoms in total. The fraction of sp³-hybridized carbons (Fsp3) is 0.211. The Morgan fingerprint density at radius 1 is 1.09 bits per heavy atom. The molecule has 0 unspecified atom stereocenters. The Morgan fingerprint density at radius 3 is 2.43 bits per heavy atom. The predicted octanol–water partition coefficient (Wildman–Crippen LogP) is 2.30. The number of hydrogen-bond acceptors (Lipinski definition) is 3. The third-order valence-electron chi connectivity index (χ3n) is 3.10. The molecule has 0 aliphatic carbocycles. The summed E-state index contributed by atoms with van der Waals surface area (Å²) in [5.41, 5.74) is 2.05. The Balaban J connectivity index is 1.73. The summed E-state index contributed by atoms with van der Waals surface area (Å²) >= 11 is 0. The average molecular weight is 308 g/mol. The fourth-order valence-corrected chi connectivity index (χ4v) is 1.85. The molecular formula is C19H20N2O2. The van der Waals surface area contributed by atoms with Gasteiger partial charge in [0.15, 0.2) is 6.61 Å². The monoisotopic (exact) mass is 308 g/mol. The first kappa shape index (κ1) is 16.4. The zero-order chi connectivity index (χ0) is 16.5. The van der Waals surface area contributed by atoms with Gasteiger partial charge in [-0.25, -0.2) is 0 Å². The molecule has 2 rings (SSSR count). The molecular weight excluding hydrogens is 288 g/mol. The molecule has 4 heteroatoms. The number of rotatable bonds is 5. The summed E-state index contributed by atoms with van der Waals surface area (Å²) in [5, 5.41) is 2.71. The zero-order valence-electron chi connectivity index (χ0n) is 13.4. The quantitative estimate of drug-likeness (QED) is 0.862. The summed E-state index contributed by atoms with van der Waals surface area (Å²) in [6.45, 7) is 0.287. The lowest BCUT2D eigenvalue weighted by Gasteiger charge is -2.11. The summed E-state index contributed by atoms with van der Waals surface area (Å²) in [6, 6.07) is 17.2. The van der Waals surface area contributed by atoms with Gasteiger partial charge in [0, 0.05) is 25.3 Å². The van der Waals surface area contributed by atoms with E-state index in [9.17, 15) is 4.79 Å². The molecule has 1 N–H and O–H groups in total. The lowest BCUT2D eigenvalue weighted by atomic mass is 10.2. The van der Waals surface area contributed by atoms with Crippen LogP contribution in [-0.4, -0.2) is 33.2 Å². The minimum absolute atomic E-state index is 0.0107. The first-order valence-electron chi connectivity index (χ1n) is 7.36.